The lowest BCUT2D eigenvalue weighted by atomic mass is 9.97. The number of aromatic nitrogens is 5. The Labute approximate surface area is 157 Å². The van der Waals surface area contributed by atoms with Crippen LogP contribution in [0.3, 0.4) is 0 Å². The molecule has 1 amide bonds. The highest BCUT2D eigenvalue weighted by molar-refractivity contribution is 5.94. The van der Waals surface area contributed by atoms with Gasteiger partial charge in [0.25, 0.3) is 5.91 Å². The molecule has 1 fully saturated rings. The molecule has 4 heterocycles. The fourth-order valence-electron chi connectivity index (χ4n) is 3.56. The van der Waals surface area contributed by atoms with Gasteiger partial charge in [0.1, 0.15) is 11.5 Å². The van der Waals surface area contributed by atoms with E-state index in [1.165, 1.54) is 0 Å². The first-order chi connectivity index (χ1) is 13.1. The average molecular weight is 362 g/mol. The number of likely N-dealkylation sites (tertiary alicyclic amines) is 1. The third-order valence-electron chi connectivity index (χ3n) is 4.82. The molecule has 1 N–H and O–H groups in total. The van der Waals surface area contributed by atoms with Crippen molar-refractivity contribution >= 4 is 5.91 Å². The Balaban J connectivity index is 1.70. The molecule has 3 aromatic rings. The zero-order valence-corrected chi connectivity index (χ0v) is 15.5. The number of rotatable bonds is 3. The third kappa shape index (κ3) is 3.58. The first-order valence-corrected chi connectivity index (χ1v) is 9.20. The summed E-state index contributed by atoms with van der Waals surface area (Å²) < 4.78 is 0. The highest BCUT2D eigenvalue weighted by atomic mass is 16.2. The van der Waals surface area contributed by atoms with E-state index in [1.54, 1.807) is 24.7 Å². The number of pyridine rings is 1. The number of imidazole rings is 1. The summed E-state index contributed by atoms with van der Waals surface area (Å²) >= 11 is 0. The van der Waals surface area contributed by atoms with Gasteiger partial charge in [0, 0.05) is 30.8 Å². The van der Waals surface area contributed by atoms with Crippen LogP contribution in [0.25, 0.3) is 11.5 Å². The van der Waals surface area contributed by atoms with Crippen LogP contribution in [-0.4, -0.2) is 42.3 Å². The molecule has 1 atom stereocenters. The number of H-pyrrole nitrogens is 1. The van der Waals surface area contributed by atoms with Gasteiger partial charge < -0.3 is 9.88 Å². The first-order valence-electron chi connectivity index (χ1n) is 9.20. The molecule has 0 spiro atoms. The van der Waals surface area contributed by atoms with Crippen LogP contribution in [0.2, 0.25) is 0 Å². The van der Waals surface area contributed by atoms with Crippen LogP contribution >= 0.6 is 0 Å². The molecule has 7 heteroatoms. The van der Waals surface area contributed by atoms with Crippen LogP contribution in [0, 0.1) is 13.8 Å². The number of carbonyl (C=O) groups excluding carboxylic acids is 1. The van der Waals surface area contributed by atoms with E-state index in [0.29, 0.717) is 11.4 Å². The minimum atomic E-state index is -0.0667. The van der Waals surface area contributed by atoms with Crippen molar-refractivity contribution < 1.29 is 4.79 Å². The van der Waals surface area contributed by atoms with Gasteiger partial charge in [-0.3, -0.25) is 9.78 Å². The quantitative estimate of drug-likeness (QED) is 0.773. The number of nitrogens with zero attached hydrogens (tertiary/aromatic N) is 5. The number of aromatic amines is 1. The Kier molecular flexibility index (Phi) is 4.66. The summed E-state index contributed by atoms with van der Waals surface area (Å²) in [6.07, 6.45) is 8.03. The zero-order chi connectivity index (χ0) is 18.8. The van der Waals surface area contributed by atoms with Gasteiger partial charge in [-0.05, 0) is 51.3 Å². The van der Waals surface area contributed by atoms with Gasteiger partial charge in [-0.25, -0.2) is 15.0 Å². The van der Waals surface area contributed by atoms with E-state index < -0.39 is 0 Å². The minimum absolute atomic E-state index is 0.000502. The normalized spacial score (nSPS) is 17.1. The lowest BCUT2D eigenvalue weighted by Crippen LogP contribution is -2.39. The van der Waals surface area contributed by atoms with E-state index in [-0.39, 0.29) is 11.9 Å². The summed E-state index contributed by atoms with van der Waals surface area (Å²) in [4.78, 5) is 35.8. The minimum Gasteiger partial charge on any atom is -0.341 e. The molecule has 4 rings (SSSR count). The van der Waals surface area contributed by atoms with Gasteiger partial charge in [0.15, 0.2) is 5.82 Å². The third-order valence-corrected chi connectivity index (χ3v) is 4.82. The lowest BCUT2D eigenvalue weighted by molar-refractivity contribution is 0.0605. The van der Waals surface area contributed by atoms with E-state index in [9.17, 15) is 4.79 Å². The number of aryl methyl sites for hydroxylation is 2. The molecule has 138 valence electrons. The molecule has 0 bridgehead atoms. The highest BCUT2D eigenvalue weighted by Crippen LogP contribution is 2.32. The zero-order valence-electron chi connectivity index (χ0n) is 15.5. The van der Waals surface area contributed by atoms with Crippen molar-refractivity contribution in [2.45, 2.75) is 39.2 Å². The van der Waals surface area contributed by atoms with Crippen molar-refractivity contribution in [3.8, 4) is 11.5 Å². The number of carbonyl (C=O) groups is 1. The average Bonchev–Trinajstić information content (AvgIpc) is 3.14. The van der Waals surface area contributed by atoms with Crippen molar-refractivity contribution in [3.63, 3.8) is 0 Å². The monoisotopic (exact) mass is 362 g/mol. The van der Waals surface area contributed by atoms with E-state index in [1.807, 2.05) is 30.9 Å². The Hall–Kier alpha value is -3.09. The summed E-state index contributed by atoms with van der Waals surface area (Å²) in [5, 5.41) is 0. The van der Waals surface area contributed by atoms with Crippen LogP contribution in [-0.2, 0) is 0 Å². The molecule has 7 nitrogen and oxygen atoms in total. The van der Waals surface area contributed by atoms with Gasteiger partial charge in [-0.2, -0.15) is 0 Å². The Morgan fingerprint density at radius 2 is 2.11 bits per heavy atom. The van der Waals surface area contributed by atoms with Crippen LogP contribution in [0.1, 0.15) is 52.9 Å². The topological polar surface area (TPSA) is 87.7 Å². The largest absolute Gasteiger partial charge is 0.341 e. The smallest absolute Gasteiger partial charge is 0.255 e. The summed E-state index contributed by atoms with van der Waals surface area (Å²) in [5.74, 6) is 1.40. The second-order valence-electron chi connectivity index (χ2n) is 6.89. The van der Waals surface area contributed by atoms with Gasteiger partial charge in [-0.15, -0.1) is 0 Å². The van der Waals surface area contributed by atoms with E-state index in [4.69, 9.17) is 0 Å². The van der Waals surface area contributed by atoms with Crippen molar-refractivity contribution in [2.24, 2.45) is 0 Å². The number of nitrogens with one attached hydrogen (secondary N) is 1. The maximum Gasteiger partial charge on any atom is 0.255 e. The fourth-order valence-corrected chi connectivity index (χ4v) is 3.56. The predicted octanol–water partition coefficient (Wildman–Crippen LogP) is 3.25. The number of hydrogen-bond acceptors (Lipinski definition) is 5. The van der Waals surface area contributed by atoms with E-state index >= 15 is 0 Å². The van der Waals surface area contributed by atoms with Crippen molar-refractivity contribution in [1.82, 2.24) is 29.8 Å². The standard InChI is InChI=1S/C20H22N6O/c1-13-11-22-19(23-13)17-10-16(24-14(2)25-17)18-7-3-4-9-26(18)20(27)15-6-5-8-21-12-15/h5-6,8,10-12,18H,3-4,7,9H2,1-2H3,(H,22,23)/t18-/m0/s1. The van der Waals surface area contributed by atoms with Gasteiger partial charge in [0.05, 0.1) is 17.3 Å². The number of amides is 1. The predicted molar refractivity (Wildman–Crippen MR) is 101 cm³/mol. The van der Waals surface area contributed by atoms with Crippen molar-refractivity contribution in [2.75, 3.05) is 6.54 Å². The Morgan fingerprint density at radius 1 is 1.22 bits per heavy atom. The molecular weight excluding hydrogens is 340 g/mol. The first kappa shape index (κ1) is 17.3. The summed E-state index contributed by atoms with van der Waals surface area (Å²) in [6, 6.07) is 5.48. The highest BCUT2D eigenvalue weighted by Gasteiger charge is 2.30. The molecule has 0 saturated carbocycles. The summed E-state index contributed by atoms with van der Waals surface area (Å²) in [7, 11) is 0. The van der Waals surface area contributed by atoms with Crippen LogP contribution in [0.15, 0.2) is 36.8 Å². The molecule has 27 heavy (non-hydrogen) atoms. The molecule has 1 saturated heterocycles. The van der Waals surface area contributed by atoms with Gasteiger partial charge in [0.2, 0.25) is 0 Å². The molecule has 0 aliphatic carbocycles. The Morgan fingerprint density at radius 3 is 2.85 bits per heavy atom. The van der Waals surface area contributed by atoms with Crippen LogP contribution in [0.5, 0.6) is 0 Å². The SMILES string of the molecule is Cc1nc(-c2ncc(C)[nH]2)cc([C@@H]2CCCCN2C(=O)c2cccnc2)n1. The van der Waals surface area contributed by atoms with Crippen LogP contribution < -0.4 is 0 Å². The molecule has 0 unspecified atom stereocenters. The van der Waals surface area contributed by atoms with Crippen molar-refractivity contribution in [1.29, 1.82) is 0 Å². The second-order valence-corrected chi connectivity index (χ2v) is 6.89. The van der Waals surface area contributed by atoms with E-state index in [2.05, 4.69) is 24.9 Å². The summed E-state index contributed by atoms with van der Waals surface area (Å²) in [5.41, 5.74) is 3.21. The lowest BCUT2D eigenvalue weighted by Gasteiger charge is -2.35. The molecule has 0 aromatic carbocycles. The molecule has 0 radical (unpaired) electrons. The van der Waals surface area contributed by atoms with Gasteiger partial charge >= 0.3 is 0 Å². The number of hydrogen-bond donors (Lipinski definition) is 1. The maximum atomic E-state index is 13.1. The number of piperidine rings is 1. The fraction of sp³-hybridized carbons (Fsp3) is 0.350. The molecule has 1 aliphatic heterocycles. The Bertz CT molecular complexity index is 952. The molecule has 1 aliphatic rings. The van der Waals surface area contributed by atoms with Crippen molar-refractivity contribution in [3.05, 3.63) is 59.6 Å². The summed E-state index contributed by atoms with van der Waals surface area (Å²) in [6.45, 7) is 4.55. The van der Waals surface area contributed by atoms with Crippen LogP contribution in [0.4, 0.5) is 0 Å². The van der Waals surface area contributed by atoms with Gasteiger partial charge in [-0.1, -0.05) is 0 Å². The second kappa shape index (κ2) is 7.26. The van der Waals surface area contributed by atoms with E-state index in [0.717, 1.165) is 48.7 Å². The maximum absolute atomic E-state index is 13.1. The molecule has 3 aromatic heterocycles. The molecular formula is C20H22N6O.